The van der Waals surface area contributed by atoms with Crippen molar-refractivity contribution in [2.75, 3.05) is 0 Å². The maximum atomic E-state index is 11.7. The van der Waals surface area contributed by atoms with Crippen LogP contribution in [0.25, 0.3) is 0 Å². The first-order valence-electron chi connectivity index (χ1n) is 10.7. The molecule has 0 aliphatic heterocycles. The maximum Gasteiger partial charge on any atom is 1.00 e. The first-order valence-corrected chi connectivity index (χ1v) is 10.7. The molecule has 0 aliphatic carbocycles. The molecular weight excluding hydrogens is 367 g/mol. The SMILES string of the molecule is CCCCCCCCCCCCCCCCCC(=O)/C(=C\C(=O)O)C(=O)O.[H-].[Na+]. The Balaban J connectivity index is -0.00000338. The van der Waals surface area contributed by atoms with E-state index >= 15 is 0 Å². The van der Waals surface area contributed by atoms with Crippen LogP contribution in [0.3, 0.4) is 0 Å². The summed E-state index contributed by atoms with van der Waals surface area (Å²) in [7, 11) is 0. The standard InChI is InChI=1S/C22H38O5.Na.H/c1-2-3-4-5-6-7-8-9-10-11-12-13-14-15-16-17-20(23)19(22(26)27)18-21(24)25;;/h18H,2-17H2,1H3,(H,24,25)(H,26,27);;/q;+1;-1/b19-18+;;. The minimum atomic E-state index is -1.47. The summed E-state index contributed by atoms with van der Waals surface area (Å²) in [5.41, 5.74) is -0.632. The van der Waals surface area contributed by atoms with Crippen molar-refractivity contribution in [3.63, 3.8) is 0 Å². The van der Waals surface area contributed by atoms with E-state index in [-0.39, 0.29) is 37.4 Å². The molecule has 0 saturated heterocycles. The summed E-state index contributed by atoms with van der Waals surface area (Å²) in [6, 6.07) is 0. The Hall–Kier alpha value is -0.650. The number of ketones is 1. The van der Waals surface area contributed by atoms with Gasteiger partial charge in [0.2, 0.25) is 0 Å². The summed E-state index contributed by atoms with van der Waals surface area (Å²) in [6.45, 7) is 2.24. The van der Waals surface area contributed by atoms with E-state index < -0.39 is 23.3 Å². The van der Waals surface area contributed by atoms with E-state index in [4.69, 9.17) is 10.2 Å². The molecule has 0 radical (unpaired) electrons. The molecule has 0 fully saturated rings. The zero-order valence-electron chi connectivity index (χ0n) is 19.0. The number of carbonyl (C=O) groups is 3. The molecule has 2 N–H and O–H groups in total. The summed E-state index contributed by atoms with van der Waals surface area (Å²) in [4.78, 5) is 33.2. The third-order valence-corrected chi connectivity index (χ3v) is 4.81. The van der Waals surface area contributed by atoms with Crippen LogP contribution in [0.2, 0.25) is 0 Å². The van der Waals surface area contributed by atoms with Crippen LogP contribution in [-0.4, -0.2) is 27.9 Å². The van der Waals surface area contributed by atoms with Crippen LogP contribution in [-0.2, 0) is 14.4 Å². The van der Waals surface area contributed by atoms with E-state index in [0.29, 0.717) is 12.5 Å². The van der Waals surface area contributed by atoms with Crippen molar-refractivity contribution in [2.24, 2.45) is 0 Å². The number of rotatable bonds is 19. The number of carbonyl (C=O) groups excluding carboxylic acids is 1. The Labute approximate surface area is 194 Å². The molecule has 0 saturated carbocycles. The molecule has 0 bridgehead atoms. The van der Waals surface area contributed by atoms with Crippen LogP contribution >= 0.6 is 0 Å². The molecule has 158 valence electrons. The third-order valence-electron chi connectivity index (χ3n) is 4.81. The van der Waals surface area contributed by atoms with Gasteiger partial charge < -0.3 is 11.6 Å². The molecule has 6 heteroatoms. The second-order valence-electron chi connectivity index (χ2n) is 7.32. The molecule has 5 nitrogen and oxygen atoms in total. The molecule has 0 aromatic heterocycles. The van der Waals surface area contributed by atoms with Gasteiger partial charge in [0.1, 0.15) is 5.57 Å². The van der Waals surface area contributed by atoms with Crippen molar-refractivity contribution < 1.29 is 55.6 Å². The van der Waals surface area contributed by atoms with Crippen LogP contribution in [0.1, 0.15) is 111 Å². The van der Waals surface area contributed by atoms with E-state index in [9.17, 15) is 14.4 Å². The minimum absolute atomic E-state index is 0. The van der Waals surface area contributed by atoms with Crippen LogP contribution in [0, 0.1) is 0 Å². The Morgan fingerprint density at radius 3 is 1.36 bits per heavy atom. The quantitative estimate of drug-likeness (QED) is 0.113. The normalized spacial score (nSPS) is 11.1. The zero-order valence-corrected chi connectivity index (χ0v) is 20.0. The fourth-order valence-corrected chi connectivity index (χ4v) is 3.18. The number of carboxylic acid groups (broad SMARTS) is 2. The monoisotopic (exact) mass is 406 g/mol. The van der Waals surface area contributed by atoms with Crippen molar-refractivity contribution in [1.82, 2.24) is 0 Å². The summed E-state index contributed by atoms with van der Waals surface area (Å²) < 4.78 is 0. The predicted octanol–water partition coefficient (Wildman–Crippen LogP) is 3.03. The van der Waals surface area contributed by atoms with Gasteiger partial charge in [-0.2, -0.15) is 0 Å². The van der Waals surface area contributed by atoms with Gasteiger partial charge in [-0.1, -0.05) is 96.8 Å². The largest absolute Gasteiger partial charge is 1.00 e. The van der Waals surface area contributed by atoms with E-state index in [2.05, 4.69) is 6.92 Å². The number of unbranched alkanes of at least 4 members (excludes halogenated alkanes) is 14. The van der Waals surface area contributed by atoms with E-state index in [0.717, 1.165) is 19.3 Å². The smallest absolute Gasteiger partial charge is 1.00 e. The fraction of sp³-hybridized carbons (Fsp3) is 0.773. The third kappa shape index (κ3) is 18.7. The van der Waals surface area contributed by atoms with Crippen LogP contribution in [0.5, 0.6) is 0 Å². The van der Waals surface area contributed by atoms with Gasteiger partial charge in [0, 0.05) is 12.5 Å². The molecule has 0 amide bonds. The average Bonchev–Trinajstić information content (AvgIpc) is 2.62. The van der Waals surface area contributed by atoms with Crippen LogP contribution in [0.15, 0.2) is 11.6 Å². The zero-order chi connectivity index (χ0) is 20.3. The van der Waals surface area contributed by atoms with Crippen molar-refractivity contribution in [1.29, 1.82) is 0 Å². The molecule has 0 aromatic carbocycles. The Morgan fingerprint density at radius 1 is 0.679 bits per heavy atom. The summed E-state index contributed by atoms with van der Waals surface area (Å²) in [5, 5.41) is 17.5. The molecule has 0 aromatic rings. The summed E-state index contributed by atoms with van der Waals surface area (Å²) >= 11 is 0. The van der Waals surface area contributed by atoms with Crippen molar-refractivity contribution in [3.05, 3.63) is 11.6 Å². The molecular formula is C22H39NaO5. The number of hydrogen-bond donors (Lipinski definition) is 2. The fourth-order valence-electron chi connectivity index (χ4n) is 3.18. The van der Waals surface area contributed by atoms with Gasteiger partial charge in [-0.15, -0.1) is 0 Å². The van der Waals surface area contributed by atoms with Gasteiger partial charge in [-0.05, 0) is 6.42 Å². The second-order valence-corrected chi connectivity index (χ2v) is 7.32. The summed E-state index contributed by atoms with van der Waals surface area (Å²) in [5.74, 6) is -3.47. The number of Topliss-reactive ketones (excluding diaryl/α,β-unsaturated/α-hetero) is 1. The van der Waals surface area contributed by atoms with E-state index in [1.54, 1.807) is 0 Å². The molecule has 0 aliphatic rings. The van der Waals surface area contributed by atoms with Crippen molar-refractivity contribution in [3.8, 4) is 0 Å². The van der Waals surface area contributed by atoms with E-state index in [1.165, 1.54) is 70.6 Å². The van der Waals surface area contributed by atoms with Crippen LogP contribution in [0.4, 0.5) is 0 Å². The van der Waals surface area contributed by atoms with Gasteiger partial charge in [0.25, 0.3) is 0 Å². The summed E-state index contributed by atoms with van der Waals surface area (Å²) in [6.07, 6.45) is 18.9. The average molecular weight is 407 g/mol. The van der Waals surface area contributed by atoms with Gasteiger partial charge in [-0.3, -0.25) is 4.79 Å². The van der Waals surface area contributed by atoms with Crippen molar-refractivity contribution in [2.45, 2.75) is 110 Å². The molecule has 0 heterocycles. The van der Waals surface area contributed by atoms with Gasteiger partial charge in [0.15, 0.2) is 5.78 Å². The molecule has 0 rings (SSSR count). The van der Waals surface area contributed by atoms with Gasteiger partial charge in [-0.25, -0.2) is 9.59 Å². The predicted molar refractivity (Wildman–Crippen MR) is 109 cm³/mol. The Kier molecular flexibility index (Phi) is 22.2. The number of aliphatic carboxylic acids is 2. The first-order chi connectivity index (χ1) is 13.0. The first kappa shape index (κ1) is 29.6. The topological polar surface area (TPSA) is 91.7 Å². The van der Waals surface area contributed by atoms with E-state index in [1.807, 2.05) is 0 Å². The second kappa shape index (κ2) is 21.1. The molecule has 28 heavy (non-hydrogen) atoms. The number of carboxylic acids is 2. The maximum absolute atomic E-state index is 11.7. The molecule has 0 unspecified atom stereocenters. The van der Waals surface area contributed by atoms with Crippen molar-refractivity contribution >= 4 is 17.7 Å². The number of hydrogen-bond acceptors (Lipinski definition) is 3. The molecule has 0 atom stereocenters. The molecule has 0 spiro atoms. The minimum Gasteiger partial charge on any atom is -1.00 e. The Morgan fingerprint density at radius 2 is 1.04 bits per heavy atom. The van der Waals surface area contributed by atoms with Gasteiger partial charge in [0.05, 0.1) is 0 Å². The van der Waals surface area contributed by atoms with Gasteiger partial charge >= 0.3 is 41.5 Å². The Bertz CT molecular complexity index is 466. The van der Waals surface area contributed by atoms with Crippen LogP contribution < -0.4 is 29.6 Å².